The van der Waals surface area contributed by atoms with Gasteiger partial charge in [-0.1, -0.05) is 11.6 Å². The monoisotopic (exact) mass is 215 g/mol. The first-order valence-electron chi connectivity index (χ1n) is 4.26. The molecule has 0 aromatic carbocycles. The van der Waals surface area contributed by atoms with Crippen LogP contribution in [0.2, 0.25) is 5.15 Å². The van der Waals surface area contributed by atoms with Crippen LogP contribution in [0.1, 0.15) is 13.8 Å². The summed E-state index contributed by atoms with van der Waals surface area (Å²) >= 11 is 5.71. The van der Waals surface area contributed by atoms with Crippen LogP contribution in [0.15, 0.2) is 12.1 Å². The maximum Gasteiger partial charge on any atom is 0.133 e. The molecule has 14 heavy (non-hydrogen) atoms. The third-order valence-electron chi connectivity index (χ3n) is 1.52. The summed E-state index contributed by atoms with van der Waals surface area (Å²) in [4.78, 5) is 4.00. The quantitative estimate of drug-likeness (QED) is 0.669. The maximum atomic E-state index is 9.46. The molecule has 4 nitrogen and oxygen atoms in total. The molecule has 4 N–H and O–H groups in total. The number of aliphatic hydroxyl groups is 1. The van der Waals surface area contributed by atoms with Crippen LogP contribution in [-0.2, 0) is 0 Å². The van der Waals surface area contributed by atoms with Gasteiger partial charge in [0, 0.05) is 18.3 Å². The Morgan fingerprint density at radius 1 is 1.57 bits per heavy atom. The van der Waals surface area contributed by atoms with E-state index in [0.717, 1.165) is 0 Å². The molecule has 0 saturated heterocycles. The number of nitrogens with two attached hydrogens (primary N) is 1. The smallest absolute Gasteiger partial charge is 0.133 e. The number of anilines is 2. The fraction of sp³-hybridized carbons (Fsp3) is 0.444. The zero-order valence-electron chi connectivity index (χ0n) is 8.21. The molecule has 0 aliphatic heterocycles. The number of aromatic nitrogens is 1. The van der Waals surface area contributed by atoms with Crippen LogP contribution in [0.5, 0.6) is 0 Å². The molecule has 0 saturated carbocycles. The van der Waals surface area contributed by atoms with E-state index in [1.807, 2.05) is 0 Å². The lowest BCUT2D eigenvalue weighted by Crippen LogP contribution is -2.29. The molecular weight excluding hydrogens is 202 g/mol. The number of halogens is 1. The standard InChI is InChI=1S/C9H14ClN3O/c1-9(2,14)5-12-8-4-6(11)3-7(10)13-8/h3-4,14H,5H2,1-2H3,(H3,11,12,13). The van der Waals surface area contributed by atoms with Gasteiger partial charge in [-0.05, 0) is 19.9 Å². The highest BCUT2D eigenvalue weighted by atomic mass is 35.5. The first-order chi connectivity index (χ1) is 6.37. The number of pyridine rings is 1. The maximum absolute atomic E-state index is 9.46. The van der Waals surface area contributed by atoms with Gasteiger partial charge in [-0.15, -0.1) is 0 Å². The van der Waals surface area contributed by atoms with Gasteiger partial charge in [-0.25, -0.2) is 4.98 Å². The van der Waals surface area contributed by atoms with Gasteiger partial charge in [0.2, 0.25) is 0 Å². The van der Waals surface area contributed by atoms with Crippen LogP contribution in [0.25, 0.3) is 0 Å². The fourth-order valence-electron chi connectivity index (χ4n) is 0.914. The first kappa shape index (κ1) is 11.1. The lowest BCUT2D eigenvalue weighted by molar-refractivity contribution is 0.0944. The summed E-state index contributed by atoms with van der Waals surface area (Å²) in [7, 11) is 0. The molecule has 1 heterocycles. The van der Waals surface area contributed by atoms with Crippen molar-refractivity contribution in [1.29, 1.82) is 0 Å². The minimum Gasteiger partial charge on any atom is -0.399 e. The third kappa shape index (κ3) is 3.81. The number of hydrogen-bond acceptors (Lipinski definition) is 4. The number of nitrogen functional groups attached to an aromatic ring is 1. The van der Waals surface area contributed by atoms with E-state index in [1.54, 1.807) is 26.0 Å². The molecule has 0 unspecified atom stereocenters. The van der Waals surface area contributed by atoms with Crippen LogP contribution in [0.4, 0.5) is 11.5 Å². The van der Waals surface area contributed by atoms with E-state index in [-0.39, 0.29) is 0 Å². The molecule has 1 aromatic heterocycles. The second-order valence-electron chi connectivity index (χ2n) is 3.77. The van der Waals surface area contributed by atoms with Gasteiger partial charge in [0.25, 0.3) is 0 Å². The van der Waals surface area contributed by atoms with Crippen LogP contribution in [0.3, 0.4) is 0 Å². The van der Waals surface area contributed by atoms with E-state index >= 15 is 0 Å². The van der Waals surface area contributed by atoms with E-state index in [2.05, 4.69) is 10.3 Å². The van der Waals surface area contributed by atoms with Crippen molar-refractivity contribution in [1.82, 2.24) is 4.98 Å². The third-order valence-corrected chi connectivity index (χ3v) is 1.71. The minimum atomic E-state index is -0.793. The van der Waals surface area contributed by atoms with Crippen molar-refractivity contribution in [3.8, 4) is 0 Å². The number of hydrogen-bond donors (Lipinski definition) is 3. The lowest BCUT2D eigenvalue weighted by atomic mass is 10.1. The highest BCUT2D eigenvalue weighted by Gasteiger charge is 2.12. The molecule has 0 fully saturated rings. The van der Waals surface area contributed by atoms with Crippen molar-refractivity contribution in [2.75, 3.05) is 17.6 Å². The van der Waals surface area contributed by atoms with Crippen molar-refractivity contribution >= 4 is 23.1 Å². The SMILES string of the molecule is CC(C)(O)CNc1cc(N)cc(Cl)n1. The molecule has 0 atom stereocenters. The molecule has 0 spiro atoms. The predicted molar refractivity (Wildman–Crippen MR) is 58.4 cm³/mol. The Hall–Kier alpha value is -1.00. The van der Waals surface area contributed by atoms with E-state index < -0.39 is 5.60 Å². The van der Waals surface area contributed by atoms with Gasteiger partial charge in [-0.3, -0.25) is 0 Å². The van der Waals surface area contributed by atoms with Gasteiger partial charge in [-0.2, -0.15) is 0 Å². The van der Waals surface area contributed by atoms with E-state index in [4.69, 9.17) is 17.3 Å². The summed E-state index contributed by atoms with van der Waals surface area (Å²) in [5.41, 5.74) is 5.32. The first-order valence-corrected chi connectivity index (χ1v) is 4.64. The molecule has 1 rings (SSSR count). The molecule has 0 radical (unpaired) electrons. The summed E-state index contributed by atoms with van der Waals surface area (Å²) in [6, 6.07) is 3.23. The normalized spacial score (nSPS) is 11.4. The molecule has 1 aromatic rings. The van der Waals surface area contributed by atoms with Crippen molar-refractivity contribution in [3.05, 3.63) is 17.3 Å². The highest BCUT2D eigenvalue weighted by molar-refractivity contribution is 6.29. The molecular formula is C9H14ClN3O. The van der Waals surface area contributed by atoms with Crippen molar-refractivity contribution in [2.45, 2.75) is 19.4 Å². The Morgan fingerprint density at radius 3 is 2.71 bits per heavy atom. The Bertz CT molecular complexity index is 302. The second kappa shape index (κ2) is 4.02. The summed E-state index contributed by atoms with van der Waals surface area (Å²) in [6.07, 6.45) is 0. The van der Waals surface area contributed by atoms with Crippen LogP contribution in [0, 0.1) is 0 Å². The van der Waals surface area contributed by atoms with Crippen LogP contribution in [-0.4, -0.2) is 22.2 Å². The second-order valence-corrected chi connectivity index (χ2v) is 4.16. The average molecular weight is 216 g/mol. The van der Waals surface area contributed by atoms with Gasteiger partial charge in [0.15, 0.2) is 0 Å². The Kier molecular flexibility index (Phi) is 3.18. The van der Waals surface area contributed by atoms with E-state index in [0.29, 0.717) is 23.2 Å². The average Bonchev–Trinajstić information content (AvgIpc) is 1.97. The zero-order valence-corrected chi connectivity index (χ0v) is 8.97. The van der Waals surface area contributed by atoms with E-state index in [9.17, 15) is 5.11 Å². The van der Waals surface area contributed by atoms with Crippen LogP contribution < -0.4 is 11.1 Å². The lowest BCUT2D eigenvalue weighted by Gasteiger charge is -2.18. The van der Waals surface area contributed by atoms with Gasteiger partial charge >= 0.3 is 0 Å². The molecule has 0 bridgehead atoms. The van der Waals surface area contributed by atoms with Gasteiger partial charge < -0.3 is 16.2 Å². The van der Waals surface area contributed by atoms with Crippen molar-refractivity contribution in [3.63, 3.8) is 0 Å². The fourth-order valence-corrected chi connectivity index (χ4v) is 1.13. The summed E-state index contributed by atoms with van der Waals surface area (Å²) in [6.45, 7) is 3.79. The molecule has 78 valence electrons. The highest BCUT2D eigenvalue weighted by Crippen LogP contribution is 2.16. The molecule has 0 amide bonds. The van der Waals surface area contributed by atoms with Gasteiger partial charge in [0.1, 0.15) is 11.0 Å². The number of nitrogens with zero attached hydrogens (tertiary/aromatic N) is 1. The van der Waals surface area contributed by atoms with Crippen molar-refractivity contribution < 1.29 is 5.11 Å². The molecule has 0 aliphatic rings. The predicted octanol–water partition coefficient (Wildman–Crippen LogP) is 1.50. The Balaban J connectivity index is 2.68. The number of nitrogens with one attached hydrogen (secondary N) is 1. The van der Waals surface area contributed by atoms with Crippen molar-refractivity contribution in [2.24, 2.45) is 0 Å². The number of rotatable bonds is 3. The Morgan fingerprint density at radius 2 is 2.21 bits per heavy atom. The zero-order chi connectivity index (χ0) is 10.8. The molecule has 5 heteroatoms. The van der Waals surface area contributed by atoms with Gasteiger partial charge in [0.05, 0.1) is 5.60 Å². The summed E-state index contributed by atoms with van der Waals surface area (Å²) in [5, 5.41) is 12.7. The molecule has 0 aliphatic carbocycles. The van der Waals surface area contributed by atoms with E-state index in [1.165, 1.54) is 0 Å². The largest absolute Gasteiger partial charge is 0.399 e. The summed E-state index contributed by atoms with van der Waals surface area (Å²) < 4.78 is 0. The summed E-state index contributed by atoms with van der Waals surface area (Å²) in [5.74, 6) is 0.567. The topological polar surface area (TPSA) is 71.2 Å². The van der Waals surface area contributed by atoms with Crippen LogP contribution >= 0.6 is 11.6 Å². The Labute approximate surface area is 88.1 Å². The minimum absolute atomic E-state index is 0.336.